The molecule has 0 atom stereocenters. The summed E-state index contributed by atoms with van der Waals surface area (Å²) in [6, 6.07) is 7.58. The first-order valence-corrected chi connectivity index (χ1v) is 7.90. The lowest BCUT2D eigenvalue weighted by Gasteiger charge is -2.06. The van der Waals surface area contributed by atoms with Crippen LogP contribution in [0.2, 0.25) is 10.2 Å². The standard InChI is InChI=1S/C16H16Cl2N2O/c17-13-7-3-4-11(8-13)9-20-16(18)14(10-21)15(19-20)12-5-1-2-6-12/h3-4,7-8,10,12H,1-2,5-6,9H2. The van der Waals surface area contributed by atoms with Crippen LogP contribution in [0.5, 0.6) is 0 Å². The second kappa shape index (κ2) is 6.20. The van der Waals surface area contributed by atoms with E-state index >= 15 is 0 Å². The lowest BCUT2D eigenvalue weighted by atomic mass is 10.0. The number of aldehydes is 1. The van der Waals surface area contributed by atoms with Crippen LogP contribution in [-0.2, 0) is 6.54 Å². The highest BCUT2D eigenvalue weighted by molar-refractivity contribution is 6.32. The molecule has 1 aromatic heterocycles. The molecule has 0 bridgehead atoms. The summed E-state index contributed by atoms with van der Waals surface area (Å²) in [6.45, 7) is 0.521. The molecule has 0 aliphatic heterocycles. The van der Waals surface area contributed by atoms with Gasteiger partial charge in [0.25, 0.3) is 0 Å². The molecule has 1 saturated carbocycles. The first kappa shape index (κ1) is 14.6. The minimum Gasteiger partial charge on any atom is -0.298 e. The molecule has 3 rings (SSSR count). The van der Waals surface area contributed by atoms with Crippen molar-refractivity contribution in [2.45, 2.75) is 38.1 Å². The van der Waals surface area contributed by atoms with Gasteiger partial charge in [0.1, 0.15) is 5.15 Å². The first-order chi connectivity index (χ1) is 10.2. The van der Waals surface area contributed by atoms with Gasteiger partial charge in [0.05, 0.1) is 17.8 Å². The molecule has 2 aromatic rings. The molecule has 1 aliphatic carbocycles. The Hall–Kier alpha value is -1.32. The van der Waals surface area contributed by atoms with Gasteiger partial charge in [-0.25, -0.2) is 4.68 Å². The van der Waals surface area contributed by atoms with E-state index in [-0.39, 0.29) is 0 Å². The summed E-state index contributed by atoms with van der Waals surface area (Å²) in [6.07, 6.45) is 5.40. The van der Waals surface area contributed by atoms with Crippen LogP contribution in [0.25, 0.3) is 0 Å². The second-order valence-electron chi connectivity index (χ2n) is 5.48. The zero-order chi connectivity index (χ0) is 14.8. The van der Waals surface area contributed by atoms with Crippen molar-refractivity contribution in [3.63, 3.8) is 0 Å². The molecule has 1 fully saturated rings. The Morgan fingerprint density at radius 3 is 2.71 bits per heavy atom. The van der Waals surface area contributed by atoms with E-state index in [0.29, 0.717) is 28.2 Å². The highest BCUT2D eigenvalue weighted by atomic mass is 35.5. The van der Waals surface area contributed by atoms with Gasteiger partial charge in [-0.3, -0.25) is 4.79 Å². The predicted molar refractivity (Wildman–Crippen MR) is 84.4 cm³/mol. The maximum Gasteiger partial charge on any atom is 0.155 e. The molecule has 1 aliphatic rings. The third-order valence-corrected chi connectivity index (χ3v) is 4.67. The highest BCUT2D eigenvalue weighted by Gasteiger charge is 2.26. The lowest BCUT2D eigenvalue weighted by Crippen LogP contribution is -2.03. The van der Waals surface area contributed by atoms with Gasteiger partial charge < -0.3 is 0 Å². The summed E-state index contributed by atoms with van der Waals surface area (Å²) in [4.78, 5) is 11.4. The number of nitrogens with zero attached hydrogens (tertiary/aromatic N) is 2. The van der Waals surface area contributed by atoms with Gasteiger partial charge in [0, 0.05) is 10.9 Å². The second-order valence-corrected chi connectivity index (χ2v) is 6.27. The molecule has 1 aromatic carbocycles. The SMILES string of the molecule is O=Cc1c(C2CCCC2)nn(Cc2cccc(Cl)c2)c1Cl. The van der Waals surface area contributed by atoms with Gasteiger partial charge in [-0.05, 0) is 30.5 Å². The fourth-order valence-electron chi connectivity index (χ4n) is 3.00. The first-order valence-electron chi connectivity index (χ1n) is 7.15. The van der Waals surface area contributed by atoms with Crippen LogP contribution in [0.1, 0.15) is 53.2 Å². The van der Waals surface area contributed by atoms with Crippen LogP contribution in [0.4, 0.5) is 0 Å². The van der Waals surface area contributed by atoms with E-state index < -0.39 is 0 Å². The molecule has 0 amide bonds. The topological polar surface area (TPSA) is 34.9 Å². The molecular weight excluding hydrogens is 307 g/mol. The molecular formula is C16H16Cl2N2O. The van der Waals surface area contributed by atoms with E-state index in [9.17, 15) is 4.79 Å². The van der Waals surface area contributed by atoms with Crippen LogP contribution in [0.3, 0.4) is 0 Å². The minimum atomic E-state index is 0.364. The third kappa shape index (κ3) is 2.99. The maximum atomic E-state index is 11.4. The van der Waals surface area contributed by atoms with Gasteiger partial charge >= 0.3 is 0 Å². The number of rotatable bonds is 4. The van der Waals surface area contributed by atoms with Gasteiger partial charge in [-0.1, -0.05) is 48.2 Å². The normalized spacial score (nSPS) is 15.5. The fourth-order valence-corrected chi connectivity index (χ4v) is 3.45. The van der Waals surface area contributed by atoms with Crippen molar-refractivity contribution in [2.24, 2.45) is 0 Å². The monoisotopic (exact) mass is 322 g/mol. The van der Waals surface area contributed by atoms with Crippen LogP contribution in [0.15, 0.2) is 24.3 Å². The van der Waals surface area contributed by atoms with Crippen molar-refractivity contribution in [2.75, 3.05) is 0 Å². The van der Waals surface area contributed by atoms with Crippen LogP contribution in [-0.4, -0.2) is 16.1 Å². The van der Waals surface area contributed by atoms with Crippen molar-refractivity contribution >= 4 is 29.5 Å². The Labute approximate surface area is 133 Å². The molecule has 0 saturated heterocycles. The summed E-state index contributed by atoms with van der Waals surface area (Å²) in [5.74, 6) is 0.364. The van der Waals surface area contributed by atoms with E-state index in [1.807, 2.05) is 24.3 Å². The van der Waals surface area contributed by atoms with E-state index in [4.69, 9.17) is 23.2 Å². The average Bonchev–Trinajstić information content (AvgIpc) is 3.08. The number of benzene rings is 1. The number of halogens is 2. The Bertz CT molecular complexity index is 660. The summed E-state index contributed by atoms with van der Waals surface area (Å²) in [5.41, 5.74) is 2.42. The Kier molecular flexibility index (Phi) is 4.32. The number of hydrogen-bond donors (Lipinski definition) is 0. The average molecular weight is 323 g/mol. The van der Waals surface area contributed by atoms with Crippen molar-refractivity contribution < 1.29 is 4.79 Å². The molecule has 0 N–H and O–H groups in total. The van der Waals surface area contributed by atoms with Gasteiger partial charge in [0.2, 0.25) is 0 Å². The Morgan fingerprint density at radius 1 is 1.29 bits per heavy atom. The molecule has 0 unspecified atom stereocenters. The summed E-state index contributed by atoms with van der Waals surface area (Å²) in [7, 11) is 0. The Balaban J connectivity index is 1.93. The molecule has 0 radical (unpaired) electrons. The van der Waals surface area contributed by atoms with E-state index in [2.05, 4.69) is 5.10 Å². The van der Waals surface area contributed by atoms with Crippen LogP contribution < -0.4 is 0 Å². The molecule has 21 heavy (non-hydrogen) atoms. The van der Waals surface area contributed by atoms with Crippen LogP contribution >= 0.6 is 23.2 Å². The zero-order valence-corrected chi connectivity index (χ0v) is 13.1. The maximum absolute atomic E-state index is 11.4. The van der Waals surface area contributed by atoms with Crippen molar-refractivity contribution in [1.29, 1.82) is 0 Å². The summed E-state index contributed by atoms with van der Waals surface area (Å²) < 4.78 is 1.70. The van der Waals surface area contributed by atoms with Gasteiger partial charge in [-0.2, -0.15) is 5.10 Å². The summed E-state index contributed by atoms with van der Waals surface area (Å²) in [5, 5.41) is 5.70. The molecule has 110 valence electrons. The van der Waals surface area contributed by atoms with Crippen molar-refractivity contribution in [3.8, 4) is 0 Å². The van der Waals surface area contributed by atoms with Crippen molar-refractivity contribution in [3.05, 3.63) is 51.3 Å². The van der Waals surface area contributed by atoms with E-state index in [1.165, 1.54) is 12.8 Å². The van der Waals surface area contributed by atoms with E-state index in [0.717, 1.165) is 30.4 Å². The molecule has 1 heterocycles. The molecule has 5 heteroatoms. The Morgan fingerprint density at radius 2 is 2.05 bits per heavy atom. The van der Waals surface area contributed by atoms with Crippen LogP contribution in [0, 0.1) is 0 Å². The zero-order valence-electron chi connectivity index (χ0n) is 11.6. The largest absolute Gasteiger partial charge is 0.298 e. The quantitative estimate of drug-likeness (QED) is 0.764. The number of hydrogen-bond acceptors (Lipinski definition) is 2. The minimum absolute atomic E-state index is 0.364. The van der Waals surface area contributed by atoms with Crippen molar-refractivity contribution in [1.82, 2.24) is 9.78 Å². The number of carbonyl (C=O) groups excluding carboxylic acids is 1. The van der Waals surface area contributed by atoms with Gasteiger partial charge in [-0.15, -0.1) is 0 Å². The highest BCUT2D eigenvalue weighted by Crippen LogP contribution is 2.36. The lowest BCUT2D eigenvalue weighted by molar-refractivity contribution is 0.112. The molecule has 3 nitrogen and oxygen atoms in total. The number of aromatic nitrogens is 2. The third-order valence-electron chi connectivity index (χ3n) is 4.03. The van der Waals surface area contributed by atoms with E-state index in [1.54, 1.807) is 4.68 Å². The fraction of sp³-hybridized carbons (Fsp3) is 0.375. The number of carbonyl (C=O) groups is 1. The predicted octanol–water partition coefficient (Wildman–Crippen LogP) is 4.71. The molecule has 0 spiro atoms. The smallest absolute Gasteiger partial charge is 0.155 e. The summed E-state index contributed by atoms with van der Waals surface area (Å²) >= 11 is 12.3. The van der Waals surface area contributed by atoms with Gasteiger partial charge in [0.15, 0.2) is 6.29 Å².